The van der Waals surface area contributed by atoms with E-state index in [-0.39, 0.29) is 24.5 Å². The summed E-state index contributed by atoms with van der Waals surface area (Å²) in [6.45, 7) is 0.247. The van der Waals surface area contributed by atoms with E-state index in [1.54, 1.807) is 12.2 Å². The number of carbonyl (C=O) groups is 1. The Morgan fingerprint density at radius 1 is 1.29 bits per heavy atom. The molecule has 24 heavy (non-hydrogen) atoms. The first-order valence-electron chi connectivity index (χ1n) is 7.87. The molecule has 0 spiro atoms. The van der Waals surface area contributed by atoms with Gasteiger partial charge in [0.15, 0.2) is 5.76 Å². The molecular weight excluding hydrogens is 310 g/mol. The first kappa shape index (κ1) is 15.1. The summed E-state index contributed by atoms with van der Waals surface area (Å²) in [4.78, 5) is 12.8. The molecule has 2 aromatic rings. The van der Waals surface area contributed by atoms with Gasteiger partial charge in [0.25, 0.3) is 5.88 Å². The summed E-state index contributed by atoms with van der Waals surface area (Å²) in [6, 6.07) is 9.50. The molecule has 0 amide bonds. The normalized spacial score (nSPS) is 28.3. The molecule has 4 rings (SSSR count). The molecular formula is C18H17NO5. The summed E-state index contributed by atoms with van der Waals surface area (Å²) >= 11 is 0. The maximum atomic E-state index is 12.8. The number of nitrogens with zero attached hydrogens (tertiary/aromatic N) is 1. The number of aromatic nitrogens is 1. The molecule has 6 heteroatoms. The van der Waals surface area contributed by atoms with Crippen LogP contribution in [-0.4, -0.2) is 32.9 Å². The van der Waals surface area contributed by atoms with Gasteiger partial charge in [-0.15, -0.1) is 0 Å². The third kappa shape index (κ3) is 2.35. The number of ether oxygens (including phenoxy) is 1. The number of rotatable bonds is 3. The molecule has 1 aromatic carbocycles. The smallest absolute Gasteiger partial charge is 0.265 e. The van der Waals surface area contributed by atoms with Crippen LogP contribution in [-0.2, 0) is 13.0 Å². The van der Waals surface area contributed by atoms with Crippen molar-refractivity contribution in [1.82, 2.24) is 5.16 Å². The van der Waals surface area contributed by atoms with E-state index in [2.05, 4.69) is 5.16 Å². The molecule has 0 saturated heterocycles. The van der Waals surface area contributed by atoms with Crippen LogP contribution in [0.3, 0.4) is 0 Å². The number of fused-ring (bicyclic) bond motifs is 2. The first-order chi connectivity index (χ1) is 11.6. The van der Waals surface area contributed by atoms with E-state index in [9.17, 15) is 15.0 Å². The highest BCUT2D eigenvalue weighted by Crippen LogP contribution is 2.42. The van der Waals surface area contributed by atoms with E-state index in [1.165, 1.54) is 0 Å². The molecule has 1 aromatic heterocycles. The molecule has 6 nitrogen and oxygen atoms in total. The zero-order chi connectivity index (χ0) is 16.7. The van der Waals surface area contributed by atoms with E-state index in [4.69, 9.17) is 9.26 Å². The monoisotopic (exact) mass is 327 g/mol. The van der Waals surface area contributed by atoms with Gasteiger partial charge < -0.3 is 19.5 Å². The van der Waals surface area contributed by atoms with Gasteiger partial charge in [-0.1, -0.05) is 42.5 Å². The van der Waals surface area contributed by atoms with Crippen LogP contribution in [0.5, 0.6) is 5.88 Å². The minimum absolute atomic E-state index is 0.0320. The topological polar surface area (TPSA) is 92.8 Å². The molecule has 2 aliphatic rings. The Balaban J connectivity index is 1.63. The van der Waals surface area contributed by atoms with Gasteiger partial charge in [0.2, 0.25) is 5.78 Å². The predicted molar refractivity (Wildman–Crippen MR) is 83.5 cm³/mol. The lowest BCUT2D eigenvalue weighted by Gasteiger charge is -2.39. The van der Waals surface area contributed by atoms with Crippen molar-refractivity contribution >= 4 is 5.78 Å². The van der Waals surface area contributed by atoms with Crippen molar-refractivity contribution in [1.29, 1.82) is 0 Å². The van der Waals surface area contributed by atoms with Gasteiger partial charge in [-0.2, -0.15) is 0 Å². The van der Waals surface area contributed by atoms with E-state index >= 15 is 0 Å². The maximum Gasteiger partial charge on any atom is 0.265 e. The lowest BCUT2D eigenvalue weighted by molar-refractivity contribution is -0.0265. The van der Waals surface area contributed by atoms with E-state index in [1.807, 2.05) is 30.3 Å². The fraction of sp³-hybridized carbons (Fsp3) is 0.333. The second-order valence-corrected chi connectivity index (χ2v) is 6.28. The average Bonchev–Trinajstić information content (AvgIpc) is 2.98. The van der Waals surface area contributed by atoms with Crippen molar-refractivity contribution in [3.63, 3.8) is 0 Å². The Kier molecular flexibility index (Phi) is 3.51. The molecule has 1 heterocycles. The Morgan fingerprint density at radius 2 is 2.08 bits per heavy atom. The van der Waals surface area contributed by atoms with Crippen LogP contribution in [0.25, 0.3) is 0 Å². The number of hydrogen-bond donors (Lipinski definition) is 2. The quantitative estimate of drug-likeness (QED) is 0.833. The second-order valence-electron chi connectivity index (χ2n) is 6.28. The molecule has 124 valence electrons. The first-order valence-corrected chi connectivity index (χ1v) is 7.87. The number of benzene rings is 1. The second kappa shape index (κ2) is 5.58. The van der Waals surface area contributed by atoms with Gasteiger partial charge in [-0.05, 0) is 10.7 Å². The number of hydrogen-bond acceptors (Lipinski definition) is 6. The average molecular weight is 327 g/mol. The zero-order valence-corrected chi connectivity index (χ0v) is 12.9. The fourth-order valence-corrected chi connectivity index (χ4v) is 3.37. The van der Waals surface area contributed by atoms with Crippen LogP contribution in [0.1, 0.15) is 28.1 Å². The Morgan fingerprint density at radius 3 is 2.88 bits per heavy atom. The standard InChI is InChI=1S/C18H17NO5/c20-13-7-6-12-8-14-15(16(21)18(12,22)9-13)17(19-24-14)23-10-11-4-2-1-3-5-11/h1-7,12-13,20,22H,8-10H2/t12-,13+,18+/m0/s1. The van der Waals surface area contributed by atoms with Crippen LogP contribution < -0.4 is 4.74 Å². The summed E-state index contributed by atoms with van der Waals surface area (Å²) in [5, 5.41) is 24.5. The largest absolute Gasteiger partial charge is 0.470 e. The van der Waals surface area contributed by atoms with Crippen molar-refractivity contribution in [2.24, 2.45) is 5.92 Å². The van der Waals surface area contributed by atoms with Crippen molar-refractivity contribution in [3.8, 4) is 5.88 Å². The Labute approximate surface area is 138 Å². The van der Waals surface area contributed by atoms with Crippen molar-refractivity contribution in [3.05, 3.63) is 59.4 Å². The minimum atomic E-state index is -1.64. The highest BCUT2D eigenvalue weighted by Gasteiger charge is 2.52. The van der Waals surface area contributed by atoms with Crippen molar-refractivity contribution in [2.45, 2.75) is 31.2 Å². The third-order valence-corrected chi connectivity index (χ3v) is 4.67. The van der Waals surface area contributed by atoms with Crippen LogP contribution in [0, 0.1) is 5.92 Å². The van der Waals surface area contributed by atoms with Gasteiger partial charge in [-0.3, -0.25) is 4.79 Å². The lowest BCUT2D eigenvalue weighted by atomic mass is 9.68. The van der Waals surface area contributed by atoms with Gasteiger partial charge in [0, 0.05) is 18.8 Å². The van der Waals surface area contributed by atoms with E-state index in [0.717, 1.165) is 5.56 Å². The summed E-state index contributed by atoms with van der Waals surface area (Å²) < 4.78 is 10.9. The summed E-state index contributed by atoms with van der Waals surface area (Å²) in [5.74, 6) is -0.411. The van der Waals surface area contributed by atoms with Gasteiger partial charge in [-0.25, -0.2) is 0 Å². The highest BCUT2D eigenvalue weighted by molar-refractivity contribution is 6.06. The number of aliphatic hydroxyl groups excluding tert-OH is 1. The van der Waals surface area contributed by atoms with Gasteiger partial charge >= 0.3 is 0 Å². The highest BCUT2D eigenvalue weighted by atomic mass is 16.5. The van der Waals surface area contributed by atoms with E-state index in [0.29, 0.717) is 12.2 Å². The van der Waals surface area contributed by atoms with Gasteiger partial charge in [0.05, 0.1) is 6.10 Å². The molecule has 3 atom stereocenters. The van der Waals surface area contributed by atoms with Crippen LogP contribution in [0.4, 0.5) is 0 Å². The minimum Gasteiger partial charge on any atom is -0.470 e. The Hall–Kier alpha value is -2.44. The number of Topliss-reactive ketones (excluding diaryl/α,β-unsaturated/α-hetero) is 1. The molecule has 0 radical (unpaired) electrons. The van der Waals surface area contributed by atoms with Crippen molar-refractivity contribution < 1.29 is 24.3 Å². The predicted octanol–water partition coefficient (Wildman–Crippen LogP) is 1.66. The summed E-state index contributed by atoms with van der Waals surface area (Å²) in [5.41, 5.74) is -0.519. The molecule has 0 fully saturated rings. The fourth-order valence-electron chi connectivity index (χ4n) is 3.37. The molecule has 0 bridgehead atoms. The number of aliphatic hydroxyl groups is 2. The van der Waals surface area contributed by atoms with Gasteiger partial charge in [0.1, 0.15) is 17.8 Å². The number of ketones is 1. The molecule has 0 saturated carbocycles. The molecule has 0 aliphatic heterocycles. The number of carbonyl (C=O) groups excluding carboxylic acids is 1. The van der Waals surface area contributed by atoms with Crippen molar-refractivity contribution in [2.75, 3.05) is 0 Å². The maximum absolute atomic E-state index is 12.8. The summed E-state index contributed by atoms with van der Waals surface area (Å²) in [6.07, 6.45) is 2.74. The van der Waals surface area contributed by atoms with Crippen LogP contribution in [0.15, 0.2) is 47.0 Å². The SMILES string of the molecule is O=C1c2c(OCc3ccccc3)noc2C[C@@H]2C=C[C@@H](O)C[C@]12O. The molecule has 2 N–H and O–H groups in total. The molecule has 0 unspecified atom stereocenters. The molecule has 2 aliphatic carbocycles. The lowest BCUT2D eigenvalue weighted by Crippen LogP contribution is -2.52. The zero-order valence-electron chi connectivity index (χ0n) is 12.9. The van der Waals surface area contributed by atoms with E-state index < -0.39 is 23.4 Å². The Bertz CT molecular complexity index is 797. The summed E-state index contributed by atoms with van der Waals surface area (Å²) in [7, 11) is 0. The third-order valence-electron chi connectivity index (χ3n) is 4.67. The van der Waals surface area contributed by atoms with Crippen LogP contribution in [0.2, 0.25) is 0 Å². The van der Waals surface area contributed by atoms with Crippen LogP contribution >= 0.6 is 0 Å².